The first-order valence-corrected chi connectivity index (χ1v) is 13.5. The zero-order valence-corrected chi connectivity index (χ0v) is 20.2. The molecule has 1 unspecified atom stereocenters. The second-order valence-corrected chi connectivity index (χ2v) is 10.5. The van der Waals surface area contributed by atoms with Crippen LogP contribution in [0, 0.1) is 0 Å². The van der Waals surface area contributed by atoms with Gasteiger partial charge in [0.1, 0.15) is 0 Å². The molecule has 174 valence electrons. The molecular formula is C25H41N3O2S. The molecule has 1 aromatic carbocycles. The number of nitrogens with two attached hydrogens (primary N) is 1. The van der Waals surface area contributed by atoms with Crippen molar-refractivity contribution in [2.45, 2.75) is 95.4 Å². The van der Waals surface area contributed by atoms with Gasteiger partial charge >= 0.3 is 0 Å². The molecule has 0 spiro atoms. The average molecular weight is 448 g/mol. The maximum absolute atomic E-state index is 13.6. The summed E-state index contributed by atoms with van der Waals surface area (Å²) in [4.78, 5) is 4.49. The number of aromatic nitrogens is 1. The van der Waals surface area contributed by atoms with Crippen LogP contribution in [-0.4, -0.2) is 36.8 Å². The summed E-state index contributed by atoms with van der Waals surface area (Å²) < 4.78 is 28.9. The van der Waals surface area contributed by atoms with Crippen LogP contribution in [0.4, 0.5) is 0 Å². The largest absolute Gasteiger partial charge is 0.327 e. The van der Waals surface area contributed by atoms with Crippen molar-refractivity contribution in [1.82, 2.24) is 9.29 Å². The van der Waals surface area contributed by atoms with Gasteiger partial charge < -0.3 is 5.73 Å². The molecule has 0 aliphatic carbocycles. The Morgan fingerprint density at radius 3 is 2.35 bits per heavy atom. The van der Waals surface area contributed by atoms with Gasteiger partial charge in [0.2, 0.25) is 10.0 Å². The Morgan fingerprint density at radius 2 is 1.61 bits per heavy atom. The van der Waals surface area contributed by atoms with Crippen molar-refractivity contribution < 1.29 is 8.42 Å². The minimum Gasteiger partial charge on any atom is -0.327 e. The van der Waals surface area contributed by atoms with Crippen LogP contribution in [0.15, 0.2) is 41.6 Å². The van der Waals surface area contributed by atoms with Gasteiger partial charge in [-0.1, -0.05) is 83.8 Å². The first-order chi connectivity index (χ1) is 15.0. The predicted octanol–water partition coefficient (Wildman–Crippen LogP) is 5.88. The molecule has 0 amide bonds. The number of fused-ring (bicyclic) bond motifs is 1. The number of hydrogen-bond acceptors (Lipinski definition) is 4. The van der Waals surface area contributed by atoms with Crippen LogP contribution in [0.1, 0.15) is 84.5 Å². The molecule has 0 saturated carbocycles. The number of nitrogens with zero attached hydrogens (tertiary/aromatic N) is 2. The number of pyridine rings is 1. The SMILES string of the molecule is CCCCCCCCC(N)CN(CCCCCC)S(=O)(=O)c1cccc2cnccc12. The molecule has 5 nitrogen and oxygen atoms in total. The van der Waals surface area contributed by atoms with Crippen LogP contribution >= 0.6 is 0 Å². The molecular weight excluding hydrogens is 406 g/mol. The zero-order valence-electron chi connectivity index (χ0n) is 19.4. The monoisotopic (exact) mass is 447 g/mol. The summed E-state index contributed by atoms with van der Waals surface area (Å²) in [6, 6.07) is 7.05. The maximum atomic E-state index is 13.6. The van der Waals surface area contributed by atoms with Gasteiger partial charge in [0.25, 0.3) is 0 Å². The Hall–Kier alpha value is -1.50. The zero-order chi connectivity index (χ0) is 22.5. The third-order valence-electron chi connectivity index (χ3n) is 5.89. The highest BCUT2D eigenvalue weighted by molar-refractivity contribution is 7.89. The van der Waals surface area contributed by atoms with Crippen LogP contribution in [0.25, 0.3) is 10.8 Å². The average Bonchev–Trinajstić information content (AvgIpc) is 2.77. The van der Waals surface area contributed by atoms with Crippen LogP contribution in [-0.2, 0) is 10.0 Å². The van der Waals surface area contributed by atoms with Crippen LogP contribution in [0.5, 0.6) is 0 Å². The van der Waals surface area contributed by atoms with Crippen LogP contribution in [0.2, 0.25) is 0 Å². The molecule has 1 heterocycles. The fraction of sp³-hybridized carbons (Fsp3) is 0.640. The highest BCUT2D eigenvalue weighted by atomic mass is 32.2. The van der Waals surface area contributed by atoms with Crippen molar-refractivity contribution in [3.8, 4) is 0 Å². The number of hydrogen-bond donors (Lipinski definition) is 1. The lowest BCUT2D eigenvalue weighted by Gasteiger charge is -2.26. The first kappa shape index (κ1) is 25.8. The summed E-state index contributed by atoms with van der Waals surface area (Å²) in [5, 5.41) is 1.56. The first-order valence-electron chi connectivity index (χ1n) is 12.1. The van der Waals surface area contributed by atoms with Crippen molar-refractivity contribution in [3.63, 3.8) is 0 Å². The lowest BCUT2D eigenvalue weighted by atomic mass is 10.1. The van der Waals surface area contributed by atoms with Crippen molar-refractivity contribution in [1.29, 1.82) is 0 Å². The van der Waals surface area contributed by atoms with Gasteiger partial charge in [-0.15, -0.1) is 0 Å². The molecule has 0 saturated heterocycles. The van der Waals surface area contributed by atoms with Crippen LogP contribution < -0.4 is 5.73 Å². The lowest BCUT2D eigenvalue weighted by Crippen LogP contribution is -2.41. The minimum atomic E-state index is -3.63. The molecule has 2 aromatic rings. The van der Waals surface area contributed by atoms with E-state index < -0.39 is 10.0 Å². The standard InChI is InChI=1S/C25H41N3O2S/c1-3-5-7-9-10-11-15-23(26)21-28(19-12-8-6-4-2)31(29,30)25-16-13-14-22-20-27-18-17-24(22)25/h13-14,16-18,20,23H,3-12,15,19,21,26H2,1-2H3. The number of sulfonamides is 1. The molecule has 2 rings (SSSR count). The minimum absolute atomic E-state index is 0.135. The van der Waals surface area contributed by atoms with E-state index in [1.54, 1.807) is 34.9 Å². The van der Waals surface area contributed by atoms with Crippen molar-refractivity contribution in [3.05, 3.63) is 36.7 Å². The van der Waals surface area contributed by atoms with Gasteiger partial charge in [-0.2, -0.15) is 4.31 Å². The van der Waals surface area contributed by atoms with E-state index in [0.717, 1.165) is 49.3 Å². The molecule has 31 heavy (non-hydrogen) atoms. The molecule has 0 bridgehead atoms. The highest BCUT2D eigenvalue weighted by Gasteiger charge is 2.27. The van der Waals surface area contributed by atoms with E-state index in [9.17, 15) is 8.42 Å². The molecule has 1 aromatic heterocycles. The van der Waals surface area contributed by atoms with Gasteiger partial charge in [0.05, 0.1) is 4.90 Å². The van der Waals surface area contributed by atoms with Crippen LogP contribution in [0.3, 0.4) is 0 Å². The summed E-state index contributed by atoms with van der Waals surface area (Å²) in [5.41, 5.74) is 6.42. The van der Waals surface area contributed by atoms with Gasteiger partial charge in [0.15, 0.2) is 0 Å². The van der Waals surface area contributed by atoms with E-state index in [0.29, 0.717) is 18.0 Å². The van der Waals surface area contributed by atoms with Crippen molar-refractivity contribution in [2.75, 3.05) is 13.1 Å². The third-order valence-corrected chi connectivity index (χ3v) is 7.81. The topological polar surface area (TPSA) is 76.3 Å². The fourth-order valence-electron chi connectivity index (χ4n) is 4.02. The van der Waals surface area contributed by atoms with Gasteiger partial charge in [-0.25, -0.2) is 8.42 Å². The summed E-state index contributed by atoms with van der Waals surface area (Å²) in [5.74, 6) is 0. The third kappa shape index (κ3) is 8.17. The summed E-state index contributed by atoms with van der Waals surface area (Å²) in [6.45, 7) is 5.28. The van der Waals surface area contributed by atoms with E-state index in [4.69, 9.17) is 5.73 Å². The Morgan fingerprint density at radius 1 is 0.935 bits per heavy atom. The molecule has 6 heteroatoms. The van der Waals surface area contributed by atoms with Crippen molar-refractivity contribution >= 4 is 20.8 Å². The molecule has 0 aliphatic rings. The molecule has 0 fully saturated rings. The van der Waals surface area contributed by atoms with E-state index in [2.05, 4.69) is 18.8 Å². The summed E-state index contributed by atoms with van der Waals surface area (Å²) >= 11 is 0. The normalized spacial score (nSPS) is 13.2. The van der Waals surface area contributed by atoms with Gasteiger partial charge in [-0.3, -0.25) is 4.98 Å². The van der Waals surface area contributed by atoms with Gasteiger partial charge in [-0.05, 0) is 25.0 Å². The Bertz CT molecular complexity index is 865. The van der Waals surface area contributed by atoms with E-state index in [1.165, 1.54) is 32.1 Å². The van der Waals surface area contributed by atoms with E-state index in [-0.39, 0.29) is 6.04 Å². The summed E-state index contributed by atoms with van der Waals surface area (Å²) in [6.07, 6.45) is 15.7. The quantitative estimate of drug-likeness (QED) is 0.326. The van der Waals surface area contributed by atoms with E-state index >= 15 is 0 Å². The molecule has 0 aliphatic heterocycles. The molecule has 2 N–H and O–H groups in total. The molecule has 1 atom stereocenters. The second kappa shape index (κ2) is 13.8. The number of benzene rings is 1. The number of rotatable bonds is 16. The lowest BCUT2D eigenvalue weighted by molar-refractivity contribution is 0.360. The second-order valence-electron chi connectivity index (χ2n) is 8.59. The Balaban J connectivity index is 2.10. The maximum Gasteiger partial charge on any atom is 0.243 e. The van der Waals surface area contributed by atoms with E-state index in [1.807, 2.05) is 6.07 Å². The Kier molecular flexibility index (Phi) is 11.5. The predicted molar refractivity (Wildman–Crippen MR) is 131 cm³/mol. The Labute approximate surface area is 189 Å². The summed E-state index contributed by atoms with van der Waals surface area (Å²) in [7, 11) is -3.63. The van der Waals surface area contributed by atoms with Gasteiger partial charge in [0, 0.05) is 42.3 Å². The highest BCUT2D eigenvalue weighted by Crippen LogP contribution is 2.26. The van der Waals surface area contributed by atoms with Crippen molar-refractivity contribution in [2.24, 2.45) is 5.73 Å². The smallest absolute Gasteiger partial charge is 0.243 e. The molecule has 0 radical (unpaired) electrons. The number of unbranched alkanes of at least 4 members (excludes halogenated alkanes) is 8. The fourth-order valence-corrected chi connectivity index (χ4v) is 5.77.